The van der Waals surface area contributed by atoms with Crippen molar-refractivity contribution >= 4 is 0 Å². The fourth-order valence-corrected chi connectivity index (χ4v) is 2.86. The molecule has 1 saturated heterocycles. The fourth-order valence-electron chi connectivity index (χ4n) is 2.86. The second-order valence-electron chi connectivity index (χ2n) is 5.62. The smallest absolute Gasteiger partial charge is 0.151 e. The van der Waals surface area contributed by atoms with Crippen LogP contribution in [0, 0.1) is 5.41 Å². The molecule has 1 heterocycles. The summed E-state index contributed by atoms with van der Waals surface area (Å²) < 4.78 is 0. The van der Waals surface area contributed by atoms with Gasteiger partial charge in [0.25, 0.3) is 0 Å². The first-order valence-electron chi connectivity index (χ1n) is 5.66. The van der Waals surface area contributed by atoms with Crippen LogP contribution in [0.5, 0.6) is 0 Å². The Morgan fingerprint density at radius 1 is 1.00 bits per heavy atom. The Hall–Kier alpha value is -0.900. The minimum absolute atomic E-state index is 0.0163. The highest BCUT2D eigenvalue weighted by Crippen LogP contribution is 2.54. The van der Waals surface area contributed by atoms with E-state index in [4.69, 9.17) is 14.8 Å². The lowest BCUT2D eigenvalue weighted by atomic mass is 9.76. The Balaban J connectivity index is 2.12. The molecule has 2 aliphatic rings. The maximum absolute atomic E-state index is 5.28. The highest BCUT2D eigenvalue weighted by Gasteiger charge is 2.51. The van der Waals surface area contributed by atoms with Gasteiger partial charge in [0.15, 0.2) is 6.10 Å². The second kappa shape index (κ2) is 3.29. The van der Waals surface area contributed by atoms with Crippen LogP contribution in [0.3, 0.4) is 0 Å². The summed E-state index contributed by atoms with van der Waals surface area (Å²) in [6.45, 7) is 6.66. The molecule has 0 amide bonds. The minimum atomic E-state index is -0.0691. The molecule has 3 atom stereocenters. The van der Waals surface area contributed by atoms with Gasteiger partial charge >= 0.3 is 0 Å². The summed E-state index contributed by atoms with van der Waals surface area (Å²) in [6.07, 6.45) is -0.0853. The van der Waals surface area contributed by atoms with Crippen molar-refractivity contribution in [1.29, 1.82) is 0 Å². The summed E-state index contributed by atoms with van der Waals surface area (Å²) in [7, 11) is 0. The third kappa shape index (κ3) is 1.32. The van der Waals surface area contributed by atoms with Crippen molar-refractivity contribution in [3.8, 4) is 0 Å². The van der Waals surface area contributed by atoms with E-state index >= 15 is 0 Å². The molecule has 0 unspecified atom stereocenters. The Morgan fingerprint density at radius 2 is 1.69 bits per heavy atom. The number of benzene rings is 1. The SMILES string of the molecule is CC(C)(C)[C@H]1c2ccccc2[C@H]2OOO[C@H]21. The topological polar surface area (TPSA) is 27.7 Å². The Morgan fingerprint density at radius 3 is 2.38 bits per heavy atom. The summed E-state index contributed by atoms with van der Waals surface area (Å²) in [5.41, 5.74) is 2.66. The van der Waals surface area contributed by atoms with E-state index in [-0.39, 0.29) is 17.6 Å². The van der Waals surface area contributed by atoms with Gasteiger partial charge in [-0.2, -0.15) is 9.78 Å². The first-order valence-corrected chi connectivity index (χ1v) is 5.66. The quantitative estimate of drug-likeness (QED) is 0.629. The number of hydrogen-bond acceptors (Lipinski definition) is 3. The highest BCUT2D eigenvalue weighted by molar-refractivity contribution is 5.41. The second-order valence-corrected chi connectivity index (χ2v) is 5.62. The van der Waals surface area contributed by atoms with Gasteiger partial charge in [-0.15, -0.1) is 0 Å². The zero-order chi connectivity index (χ0) is 11.3. The van der Waals surface area contributed by atoms with E-state index in [0.29, 0.717) is 5.92 Å². The monoisotopic (exact) mass is 220 g/mol. The van der Waals surface area contributed by atoms with Gasteiger partial charge in [-0.25, -0.2) is 0 Å². The summed E-state index contributed by atoms with van der Waals surface area (Å²) in [4.78, 5) is 10.5. The van der Waals surface area contributed by atoms with E-state index in [2.05, 4.69) is 39.0 Å². The van der Waals surface area contributed by atoms with E-state index in [0.717, 1.165) is 0 Å². The molecule has 1 fully saturated rings. The van der Waals surface area contributed by atoms with Gasteiger partial charge in [0, 0.05) is 5.92 Å². The van der Waals surface area contributed by atoms with Crippen molar-refractivity contribution in [2.75, 3.05) is 0 Å². The van der Waals surface area contributed by atoms with E-state index in [1.807, 2.05) is 6.07 Å². The van der Waals surface area contributed by atoms with Crippen LogP contribution in [0.1, 0.15) is 43.9 Å². The van der Waals surface area contributed by atoms with E-state index in [1.165, 1.54) is 11.1 Å². The first kappa shape index (κ1) is 10.3. The number of fused-ring (bicyclic) bond motifs is 3. The summed E-state index contributed by atoms with van der Waals surface area (Å²) in [5.74, 6) is 0.316. The molecule has 0 aromatic heterocycles. The predicted octanol–water partition coefficient (Wildman–Crippen LogP) is 3.13. The van der Waals surface area contributed by atoms with Crippen LogP contribution in [0.25, 0.3) is 0 Å². The van der Waals surface area contributed by atoms with Crippen molar-refractivity contribution in [2.45, 2.75) is 38.9 Å². The van der Waals surface area contributed by atoms with Crippen molar-refractivity contribution in [1.82, 2.24) is 0 Å². The van der Waals surface area contributed by atoms with Crippen molar-refractivity contribution in [3.63, 3.8) is 0 Å². The molecular weight excluding hydrogens is 204 g/mol. The first-order chi connectivity index (χ1) is 7.59. The van der Waals surface area contributed by atoms with Crippen LogP contribution in [-0.2, 0) is 14.8 Å². The molecule has 3 rings (SSSR count). The van der Waals surface area contributed by atoms with E-state index in [9.17, 15) is 0 Å². The molecule has 0 radical (unpaired) electrons. The van der Waals surface area contributed by atoms with Gasteiger partial charge in [-0.1, -0.05) is 50.1 Å². The van der Waals surface area contributed by atoms with Gasteiger partial charge < -0.3 is 0 Å². The van der Waals surface area contributed by atoms with E-state index in [1.54, 1.807) is 0 Å². The highest BCUT2D eigenvalue weighted by atomic mass is 17.5. The maximum atomic E-state index is 5.28. The lowest BCUT2D eigenvalue weighted by Crippen LogP contribution is -2.27. The molecule has 1 aromatic rings. The molecule has 0 spiro atoms. The minimum Gasteiger partial charge on any atom is -0.199 e. The molecular formula is C13H16O3. The molecule has 0 bridgehead atoms. The molecule has 86 valence electrons. The third-order valence-corrected chi connectivity index (χ3v) is 3.49. The van der Waals surface area contributed by atoms with Crippen LogP contribution in [0.15, 0.2) is 24.3 Å². The van der Waals surface area contributed by atoms with Gasteiger partial charge in [0.1, 0.15) is 6.10 Å². The van der Waals surface area contributed by atoms with Gasteiger partial charge in [-0.05, 0) is 16.5 Å². The zero-order valence-corrected chi connectivity index (χ0v) is 9.77. The molecule has 3 nitrogen and oxygen atoms in total. The lowest BCUT2D eigenvalue weighted by molar-refractivity contribution is -0.469. The lowest BCUT2D eigenvalue weighted by Gasteiger charge is -2.30. The number of hydrogen-bond donors (Lipinski definition) is 0. The molecule has 1 aliphatic heterocycles. The summed E-state index contributed by atoms with van der Waals surface area (Å²) in [6, 6.07) is 8.36. The molecule has 0 N–H and O–H groups in total. The molecule has 3 heteroatoms. The van der Waals surface area contributed by atoms with Crippen LogP contribution in [-0.4, -0.2) is 6.10 Å². The normalized spacial score (nSPS) is 32.6. The zero-order valence-electron chi connectivity index (χ0n) is 9.77. The third-order valence-electron chi connectivity index (χ3n) is 3.49. The van der Waals surface area contributed by atoms with Crippen molar-refractivity contribution < 1.29 is 14.8 Å². The van der Waals surface area contributed by atoms with Crippen LogP contribution < -0.4 is 0 Å². The molecule has 1 aliphatic carbocycles. The largest absolute Gasteiger partial charge is 0.199 e. The standard InChI is InChI=1S/C13H16O3/c1-13(2,3)10-8-6-4-5-7-9(8)11-12(10)15-16-14-11/h4-7,10-12H,1-3H3/t10-,11+,12-/m0/s1. The Labute approximate surface area is 95.2 Å². The van der Waals surface area contributed by atoms with Crippen LogP contribution >= 0.6 is 0 Å². The van der Waals surface area contributed by atoms with Gasteiger partial charge in [-0.3, -0.25) is 0 Å². The van der Waals surface area contributed by atoms with Gasteiger partial charge in [0.05, 0.1) is 0 Å². The molecule has 16 heavy (non-hydrogen) atoms. The summed E-state index contributed by atoms with van der Waals surface area (Å²) in [5, 5.41) is 4.69. The fraction of sp³-hybridized carbons (Fsp3) is 0.538. The Bertz CT molecular complexity index is 408. The number of rotatable bonds is 0. The average molecular weight is 220 g/mol. The van der Waals surface area contributed by atoms with Crippen molar-refractivity contribution in [2.24, 2.45) is 5.41 Å². The predicted molar refractivity (Wildman–Crippen MR) is 58.4 cm³/mol. The Kier molecular flexibility index (Phi) is 2.11. The maximum Gasteiger partial charge on any atom is 0.151 e. The van der Waals surface area contributed by atoms with Crippen molar-refractivity contribution in [3.05, 3.63) is 35.4 Å². The summed E-state index contributed by atoms with van der Waals surface area (Å²) >= 11 is 0. The van der Waals surface area contributed by atoms with Crippen LogP contribution in [0.4, 0.5) is 0 Å². The molecule has 1 aromatic carbocycles. The molecule has 0 saturated carbocycles. The van der Waals surface area contributed by atoms with Crippen LogP contribution in [0.2, 0.25) is 0 Å². The van der Waals surface area contributed by atoms with E-state index < -0.39 is 0 Å². The van der Waals surface area contributed by atoms with Gasteiger partial charge in [0.2, 0.25) is 0 Å². The average Bonchev–Trinajstić information content (AvgIpc) is 2.73.